The zero-order chi connectivity index (χ0) is 15.0. The van der Waals surface area contributed by atoms with Gasteiger partial charge in [0.25, 0.3) is 0 Å². The monoisotopic (exact) mass is 316 g/mol. The van der Waals surface area contributed by atoms with Gasteiger partial charge in [-0.15, -0.1) is 0 Å². The van der Waals surface area contributed by atoms with Crippen molar-refractivity contribution in [1.29, 1.82) is 0 Å². The number of hydrogen-bond donors (Lipinski definition) is 1. The lowest BCUT2D eigenvalue weighted by atomic mass is 9.79. The smallest absolute Gasteiger partial charge is 0.245 e. The van der Waals surface area contributed by atoms with Crippen LogP contribution in [0.4, 0.5) is 5.69 Å². The summed E-state index contributed by atoms with van der Waals surface area (Å²) in [5.41, 5.74) is 6.29. The van der Waals surface area contributed by atoms with E-state index in [4.69, 9.17) is 17.3 Å². The Hall–Kier alpha value is -0.780. The average molecular weight is 317 g/mol. The van der Waals surface area contributed by atoms with Crippen molar-refractivity contribution in [2.75, 3.05) is 18.8 Å². The molecule has 0 aromatic heterocycles. The summed E-state index contributed by atoms with van der Waals surface area (Å²) in [6, 6.07) is 4.56. The lowest BCUT2D eigenvalue weighted by molar-refractivity contribution is 0.169. The average Bonchev–Trinajstić information content (AvgIpc) is 2.42. The fourth-order valence-corrected chi connectivity index (χ4v) is 4.31. The quantitative estimate of drug-likeness (QED) is 0.871. The number of nitrogens with two attached hydrogens (primary N) is 1. The minimum Gasteiger partial charge on any atom is -0.398 e. The largest absolute Gasteiger partial charge is 0.398 e. The highest BCUT2D eigenvalue weighted by atomic mass is 35.5. The third-order valence-electron chi connectivity index (χ3n) is 4.38. The molecule has 1 aromatic rings. The van der Waals surface area contributed by atoms with E-state index in [-0.39, 0.29) is 16.0 Å². The van der Waals surface area contributed by atoms with Crippen molar-refractivity contribution in [2.24, 2.45) is 5.41 Å². The molecule has 1 saturated heterocycles. The number of rotatable bonds is 3. The van der Waals surface area contributed by atoms with Crippen LogP contribution in [0.25, 0.3) is 0 Å². The fourth-order valence-electron chi connectivity index (χ4n) is 2.49. The maximum Gasteiger partial charge on any atom is 0.245 e. The van der Waals surface area contributed by atoms with Gasteiger partial charge in [-0.2, -0.15) is 4.31 Å². The van der Waals surface area contributed by atoms with E-state index in [2.05, 4.69) is 13.8 Å². The van der Waals surface area contributed by atoms with Gasteiger partial charge in [0.05, 0.1) is 5.69 Å². The molecule has 0 atom stereocenters. The maximum atomic E-state index is 12.6. The normalized spacial score (nSPS) is 19.9. The zero-order valence-corrected chi connectivity index (χ0v) is 13.5. The molecule has 6 heteroatoms. The summed E-state index contributed by atoms with van der Waals surface area (Å²) in [7, 11) is -3.55. The number of hydrogen-bond acceptors (Lipinski definition) is 3. The molecular formula is C14H21ClN2O2S. The third-order valence-corrected chi connectivity index (χ3v) is 6.57. The lowest BCUT2D eigenvalue weighted by Gasteiger charge is -2.38. The van der Waals surface area contributed by atoms with Crippen LogP contribution in [-0.4, -0.2) is 25.8 Å². The minimum absolute atomic E-state index is 0.116. The maximum absolute atomic E-state index is 12.6. The van der Waals surface area contributed by atoms with Crippen molar-refractivity contribution in [1.82, 2.24) is 4.31 Å². The number of piperidine rings is 1. The van der Waals surface area contributed by atoms with Crippen molar-refractivity contribution in [3.8, 4) is 0 Å². The predicted octanol–water partition coefficient (Wildman–Crippen LogP) is 3.12. The van der Waals surface area contributed by atoms with E-state index >= 15 is 0 Å². The molecule has 0 radical (unpaired) electrons. The first-order valence-electron chi connectivity index (χ1n) is 6.84. The van der Waals surface area contributed by atoms with E-state index in [1.165, 1.54) is 16.4 Å². The van der Waals surface area contributed by atoms with Crippen LogP contribution in [0.5, 0.6) is 0 Å². The molecule has 0 aliphatic carbocycles. The molecule has 2 rings (SSSR count). The summed E-state index contributed by atoms with van der Waals surface area (Å²) in [5.74, 6) is 0. The van der Waals surface area contributed by atoms with Crippen molar-refractivity contribution in [3.63, 3.8) is 0 Å². The Labute approximate surface area is 126 Å². The van der Waals surface area contributed by atoms with Crippen molar-refractivity contribution < 1.29 is 8.42 Å². The van der Waals surface area contributed by atoms with E-state index in [0.717, 1.165) is 19.3 Å². The molecular weight excluding hydrogens is 296 g/mol. The first-order chi connectivity index (χ1) is 9.28. The van der Waals surface area contributed by atoms with Crippen molar-refractivity contribution in [2.45, 2.75) is 38.0 Å². The van der Waals surface area contributed by atoms with Crippen LogP contribution >= 0.6 is 11.6 Å². The van der Waals surface area contributed by atoms with E-state index in [1.807, 2.05) is 0 Å². The number of halogens is 1. The number of benzene rings is 1. The Balaban J connectivity index is 2.26. The van der Waals surface area contributed by atoms with Crippen LogP contribution in [0, 0.1) is 5.41 Å². The Bertz CT molecular complexity index is 593. The second kappa shape index (κ2) is 5.54. The van der Waals surface area contributed by atoms with E-state index in [0.29, 0.717) is 18.1 Å². The lowest BCUT2D eigenvalue weighted by Crippen LogP contribution is -2.42. The molecule has 0 saturated carbocycles. The summed E-state index contributed by atoms with van der Waals surface area (Å²) >= 11 is 5.89. The van der Waals surface area contributed by atoms with Crippen LogP contribution in [-0.2, 0) is 10.0 Å². The standard InChI is InChI=1S/C14H21ClN2O2S/c1-3-14(2)6-8-17(9-7-14)20(18,19)13-10-11(15)4-5-12(13)16/h4-5,10H,3,6-9,16H2,1-2H3. The number of anilines is 1. The Kier molecular flexibility index (Phi) is 4.33. The van der Waals surface area contributed by atoms with Gasteiger partial charge in [-0.05, 0) is 36.5 Å². The van der Waals surface area contributed by atoms with Gasteiger partial charge in [-0.3, -0.25) is 0 Å². The number of sulfonamides is 1. The Morgan fingerprint density at radius 1 is 1.35 bits per heavy atom. The zero-order valence-electron chi connectivity index (χ0n) is 11.9. The van der Waals surface area contributed by atoms with Gasteiger partial charge in [0.1, 0.15) is 4.90 Å². The Morgan fingerprint density at radius 3 is 2.50 bits per heavy atom. The first-order valence-corrected chi connectivity index (χ1v) is 8.65. The molecule has 1 aliphatic rings. The highest BCUT2D eigenvalue weighted by Gasteiger charge is 2.35. The predicted molar refractivity (Wildman–Crippen MR) is 82.3 cm³/mol. The van der Waals surface area contributed by atoms with Crippen molar-refractivity contribution in [3.05, 3.63) is 23.2 Å². The molecule has 0 unspecified atom stereocenters. The molecule has 112 valence electrons. The molecule has 1 aliphatic heterocycles. The summed E-state index contributed by atoms with van der Waals surface area (Å²) in [6.07, 6.45) is 2.83. The molecule has 0 spiro atoms. The third kappa shape index (κ3) is 2.95. The SMILES string of the molecule is CCC1(C)CCN(S(=O)(=O)c2cc(Cl)ccc2N)CC1. The van der Waals surface area contributed by atoms with E-state index < -0.39 is 10.0 Å². The van der Waals surface area contributed by atoms with Gasteiger partial charge in [0.15, 0.2) is 0 Å². The summed E-state index contributed by atoms with van der Waals surface area (Å²) in [4.78, 5) is 0.116. The van der Waals surface area contributed by atoms with Gasteiger partial charge < -0.3 is 5.73 Å². The molecule has 2 N–H and O–H groups in total. The summed E-state index contributed by atoms with van der Waals surface area (Å²) in [6.45, 7) is 5.45. The molecule has 4 nitrogen and oxygen atoms in total. The van der Waals surface area contributed by atoms with Crippen LogP contribution < -0.4 is 5.73 Å². The van der Waals surface area contributed by atoms with Gasteiger partial charge in [0.2, 0.25) is 10.0 Å². The number of nitrogen functional groups attached to an aromatic ring is 1. The van der Waals surface area contributed by atoms with E-state index in [1.54, 1.807) is 6.07 Å². The summed E-state index contributed by atoms with van der Waals surface area (Å²) < 4.78 is 26.8. The molecule has 0 bridgehead atoms. The highest BCUT2D eigenvalue weighted by Crippen LogP contribution is 2.36. The second-order valence-electron chi connectivity index (χ2n) is 5.75. The van der Waals surface area contributed by atoms with Crippen LogP contribution in [0.2, 0.25) is 5.02 Å². The molecule has 1 aromatic carbocycles. The van der Waals surface area contributed by atoms with Crippen molar-refractivity contribution >= 4 is 27.3 Å². The van der Waals surface area contributed by atoms with Gasteiger partial charge >= 0.3 is 0 Å². The molecule has 20 heavy (non-hydrogen) atoms. The second-order valence-corrected chi connectivity index (χ2v) is 8.09. The number of nitrogens with zero attached hydrogens (tertiary/aromatic N) is 1. The first kappa shape index (κ1) is 15.6. The molecule has 0 amide bonds. The topological polar surface area (TPSA) is 63.4 Å². The molecule has 1 heterocycles. The molecule has 1 fully saturated rings. The van der Waals surface area contributed by atoms with E-state index in [9.17, 15) is 8.42 Å². The Morgan fingerprint density at radius 2 is 1.95 bits per heavy atom. The highest BCUT2D eigenvalue weighted by molar-refractivity contribution is 7.89. The fraction of sp³-hybridized carbons (Fsp3) is 0.571. The van der Waals surface area contributed by atoms with Crippen LogP contribution in [0.15, 0.2) is 23.1 Å². The van der Waals surface area contributed by atoms with Crippen LogP contribution in [0.3, 0.4) is 0 Å². The summed E-state index contributed by atoms with van der Waals surface area (Å²) in [5, 5.41) is 0.383. The minimum atomic E-state index is -3.55. The van der Waals surface area contributed by atoms with Crippen LogP contribution in [0.1, 0.15) is 33.1 Å². The van der Waals surface area contributed by atoms with Gasteiger partial charge in [0, 0.05) is 18.1 Å². The van der Waals surface area contributed by atoms with Gasteiger partial charge in [-0.25, -0.2) is 8.42 Å². The van der Waals surface area contributed by atoms with Gasteiger partial charge in [-0.1, -0.05) is 31.9 Å².